The summed E-state index contributed by atoms with van der Waals surface area (Å²) >= 11 is 0. The van der Waals surface area contributed by atoms with Gasteiger partial charge in [0.25, 0.3) is 0 Å². The quantitative estimate of drug-likeness (QED) is 0.797. The summed E-state index contributed by atoms with van der Waals surface area (Å²) in [6.07, 6.45) is 1.48. The molecular formula is C12H17NO2S. The SMILES string of the molecule is C/C(=C\S(=O)(=O)c1ccccn1)C(C)(C)C. The predicted octanol–water partition coefficient (Wildman–Crippen LogP) is 2.81. The minimum atomic E-state index is -3.42. The van der Waals surface area contributed by atoms with Crippen LogP contribution in [0.25, 0.3) is 0 Å². The van der Waals surface area contributed by atoms with Crippen molar-refractivity contribution in [2.24, 2.45) is 5.41 Å². The van der Waals surface area contributed by atoms with Crippen molar-refractivity contribution in [3.63, 3.8) is 0 Å². The van der Waals surface area contributed by atoms with Crippen molar-refractivity contribution < 1.29 is 8.42 Å². The van der Waals surface area contributed by atoms with Gasteiger partial charge in [0.05, 0.1) is 0 Å². The van der Waals surface area contributed by atoms with E-state index in [4.69, 9.17) is 0 Å². The van der Waals surface area contributed by atoms with E-state index in [1.54, 1.807) is 12.1 Å². The number of sulfone groups is 1. The number of allylic oxidation sites excluding steroid dienone is 1. The van der Waals surface area contributed by atoms with Gasteiger partial charge < -0.3 is 0 Å². The third kappa shape index (κ3) is 3.17. The van der Waals surface area contributed by atoms with Gasteiger partial charge in [-0.3, -0.25) is 0 Å². The fraction of sp³-hybridized carbons (Fsp3) is 0.417. The van der Waals surface area contributed by atoms with Crippen LogP contribution in [0.2, 0.25) is 0 Å². The van der Waals surface area contributed by atoms with Crippen molar-refractivity contribution in [1.29, 1.82) is 0 Å². The Morgan fingerprint density at radius 3 is 2.38 bits per heavy atom. The van der Waals surface area contributed by atoms with E-state index in [2.05, 4.69) is 4.98 Å². The summed E-state index contributed by atoms with van der Waals surface area (Å²) in [5.41, 5.74) is 0.667. The van der Waals surface area contributed by atoms with Gasteiger partial charge in [0.1, 0.15) is 0 Å². The van der Waals surface area contributed by atoms with Crippen molar-refractivity contribution in [3.05, 3.63) is 35.4 Å². The Kier molecular flexibility index (Phi) is 3.53. The van der Waals surface area contributed by atoms with Crippen molar-refractivity contribution >= 4 is 9.84 Å². The summed E-state index contributed by atoms with van der Waals surface area (Å²) < 4.78 is 23.9. The lowest BCUT2D eigenvalue weighted by Gasteiger charge is -2.19. The number of aromatic nitrogens is 1. The lowest BCUT2D eigenvalue weighted by atomic mass is 9.89. The maximum atomic E-state index is 12.0. The van der Waals surface area contributed by atoms with E-state index in [1.165, 1.54) is 17.7 Å². The topological polar surface area (TPSA) is 47.0 Å². The smallest absolute Gasteiger partial charge is 0.217 e. The fourth-order valence-corrected chi connectivity index (χ4v) is 2.40. The van der Waals surface area contributed by atoms with Gasteiger partial charge >= 0.3 is 0 Å². The van der Waals surface area contributed by atoms with Gasteiger partial charge in [-0.25, -0.2) is 13.4 Å². The Balaban J connectivity index is 3.16. The van der Waals surface area contributed by atoms with Crippen LogP contribution in [0.5, 0.6) is 0 Å². The van der Waals surface area contributed by atoms with E-state index in [0.717, 1.165) is 5.57 Å². The molecule has 0 saturated carbocycles. The van der Waals surface area contributed by atoms with Crippen molar-refractivity contribution in [3.8, 4) is 0 Å². The Labute approximate surface area is 97.1 Å². The van der Waals surface area contributed by atoms with Crippen LogP contribution < -0.4 is 0 Å². The highest BCUT2D eigenvalue weighted by Gasteiger charge is 2.18. The van der Waals surface area contributed by atoms with Crippen LogP contribution in [-0.4, -0.2) is 13.4 Å². The molecule has 1 aromatic rings. The molecule has 1 aromatic heterocycles. The highest BCUT2D eigenvalue weighted by atomic mass is 32.2. The summed E-state index contributed by atoms with van der Waals surface area (Å²) in [5, 5.41) is 1.40. The van der Waals surface area contributed by atoms with E-state index in [0.29, 0.717) is 0 Å². The second kappa shape index (κ2) is 4.37. The average Bonchev–Trinajstić information content (AvgIpc) is 2.17. The first-order valence-electron chi connectivity index (χ1n) is 5.08. The van der Waals surface area contributed by atoms with Gasteiger partial charge in [0.2, 0.25) is 9.84 Å². The summed E-state index contributed by atoms with van der Waals surface area (Å²) in [7, 11) is -3.42. The van der Waals surface area contributed by atoms with Crippen LogP contribution in [0.1, 0.15) is 27.7 Å². The minimum absolute atomic E-state index is 0.0959. The van der Waals surface area contributed by atoms with E-state index < -0.39 is 9.84 Å². The van der Waals surface area contributed by atoms with Gasteiger partial charge in [-0.15, -0.1) is 0 Å². The van der Waals surface area contributed by atoms with E-state index in [-0.39, 0.29) is 10.4 Å². The highest BCUT2D eigenvalue weighted by molar-refractivity contribution is 7.94. The molecule has 16 heavy (non-hydrogen) atoms. The molecule has 0 aromatic carbocycles. The molecule has 1 rings (SSSR count). The van der Waals surface area contributed by atoms with Gasteiger partial charge in [0, 0.05) is 11.6 Å². The van der Waals surface area contributed by atoms with Crippen LogP contribution in [0, 0.1) is 5.41 Å². The molecule has 0 amide bonds. The average molecular weight is 239 g/mol. The lowest BCUT2D eigenvalue weighted by Crippen LogP contribution is -2.09. The molecule has 1 heterocycles. The number of hydrogen-bond acceptors (Lipinski definition) is 3. The van der Waals surface area contributed by atoms with Crippen LogP contribution in [0.15, 0.2) is 40.4 Å². The largest absolute Gasteiger partial charge is 0.244 e. The minimum Gasteiger partial charge on any atom is -0.244 e. The van der Waals surface area contributed by atoms with Crippen LogP contribution in [-0.2, 0) is 9.84 Å². The Bertz CT molecular complexity index is 482. The highest BCUT2D eigenvalue weighted by Crippen LogP contribution is 2.26. The lowest BCUT2D eigenvalue weighted by molar-refractivity contribution is 0.504. The Hall–Kier alpha value is -1.16. The molecule has 0 fully saturated rings. The molecule has 0 spiro atoms. The number of rotatable bonds is 2. The molecule has 0 saturated heterocycles. The molecule has 0 aliphatic carbocycles. The molecule has 0 aliphatic rings. The number of hydrogen-bond donors (Lipinski definition) is 0. The second-order valence-electron chi connectivity index (χ2n) is 4.76. The van der Waals surface area contributed by atoms with E-state index in [1.807, 2.05) is 27.7 Å². The predicted molar refractivity (Wildman–Crippen MR) is 64.6 cm³/mol. The third-order valence-corrected chi connectivity index (χ3v) is 3.93. The monoisotopic (exact) mass is 239 g/mol. The van der Waals surface area contributed by atoms with Crippen LogP contribution in [0.3, 0.4) is 0 Å². The molecule has 0 N–H and O–H groups in total. The van der Waals surface area contributed by atoms with Crippen LogP contribution >= 0.6 is 0 Å². The van der Waals surface area contributed by atoms with Crippen LogP contribution in [0.4, 0.5) is 0 Å². The molecule has 0 unspecified atom stereocenters. The molecule has 0 atom stereocenters. The zero-order valence-electron chi connectivity index (χ0n) is 10.1. The van der Waals surface area contributed by atoms with E-state index >= 15 is 0 Å². The zero-order chi connectivity index (χ0) is 12.4. The second-order valence-corrected chi connectivity index (χ2v) is 6.51. The van der Waals surface area contributed by atoms with Gasteiger partial charge in [-0.1, -0.05) is 32.4 Å². The normalized spacial score (nSPS) is 13.9. The fourth-order valence-electron chi connectivity index (χ4n) is 0.985. The third-order valence-electron chi connectivity index (χ3n) is 2.44. The molecule has 3 nitrogen and oxygen atoms in total. The van der Waals surface area contributed by atoms with Gasteiger partial charge in [-0.2, -0.15) is 0 Å². The maximum Gasteiger partial charge on any atom is 0.217 e. The molecule has 0 aliphatic heterocycles. The zero-order valence-corrected chi connectivity index (χ0v) is 10.9. The summed E-state index contributed by atoms with van der Waals surface area (Å²) in [4.78, 5) is 3.85. The van der Waals surface area contributed by atoms with Crippen molar-refractivity contribution in [2.75, 3.05) is 0 Å². The summed E-state index contributed by atoms with van der Waals surface area (Å²) in [6.45, 7) is 7.76. The van der Waals surface area contributed by atoms with Gasteiger partial charge in [0.15, 0.2) is 5.03 Å². The molecule has 0 bridgehead atoms. The summed E-state index contributed by atoms with van der Waals surface area (Å²) in [5.74, 6) is 0. The van der Waals surface area contributed by atoms with Crippen molar-refractivity contribution in [1.82, 2.24) is 4.98 Å². The van der Waals surface area contributed by atoms with Gasteiger partial charge in [-0.05, 0) is 24.5 Å². The molecule has 88 valence electrons. The maximum absolute atomic E-state index is 12.0. The first-order valence-corrected chi connectivity index (χ1v) is 6.63. The standard InChI is InChI=1S/C12H17NO2S/c1-10(12(2,3)4)9-16(14,15)11-7-5-6-8-13-11/h5-9H,1-4H3/b10-9+. The number of pyridine rings is 1. The van der Waals surface area contributed by atoms with Crippen molar-refractivity contribution in [2.45, 2.75) is 32.7 Å². The summed E-state index contributed by atoms with van der Waals surface area (Å²) in [6, 6.07) is 4.86. The molecule has 4 heteroatoms. The molecular weight excluding hydrogens is 222 g/mol. The molecule has 0 radical (unpaired) electrons. The Morgan fingerprint density at radius 1 is 1.31 bits per heavy atom. The first kappa shape index (κ1) is 12.9. The Morgan fingerprint density at radius 2 is 1.94 bits per heavy atom. The van der Waals surface area contributed by atoms with E-state index in [9.17, 15) is 8.42 Å². The first-order chi connectivity index (χ1) is 7.23. The number of nitrogens with zero attached hydrogens (tertiary/aromatic N) is 1.